The summed E-state index contributed by atoms with van der Waals surface area (Å²) in [6.07, 6.45) is -1.64. The van der Waals surface area contributed by atoms with Gasteiger partial charge in [-0.05, 0) is 0 Å². The second-order valence-electron chi connectivity index (χ2n) is 1.55. The van der Waals surface area contributed by atoms with Crippen LogP contribution in [0.5, 0.6) is 0 Å². The first-order valence-corrected chi connectivity index (χ1v) is 2.52. The largest absolute Gasteiger partial charge is 0.365 e. The van der Waals surface area contributed by atoms with Gasteiger partial charge >= 0.3 is 0 Å². The second-order valence-corrected chi connectivity index (χ2v) is 1.55. The van der Waals surface area contributed by atoms with E-state index in [2.05, 4.69) is 0 Å². The number of rotatable bonds is 3. The Hall–Kier alpha value is -0.410. The lowest BCUT2D eigenvalue weighted by atomic mass is 10.2. The molecule has 0 aliphatic carbocycles. The Labute approximate surface area is 47.9 Å². The number of aliphatic hydroxyl groups excluding tert-OH is 1. The van der Waals surface area contributed by atoms with Gasteiger partial charge in [0.15, 0.2) is 6.29 Å². The third kappa shape index (κ3) is 3.77. The van der Waals surface area contributed by atoms with Crippen LogP contribution >= 0.6 is 0 Å². The monoisotopic (exact) mass is 117 g/mol. The second kappa shape index (κ2) is 3.57. The van der Waals surface area contributed by atoms with E-state index >= 15 is 0 Å². The molecule has 0 amide bonds. The molecule has 1 atom stereocenters. The zero-order valence-electron chi connectivity index (χ0n) is 4.76. The summed E-state index contributed by atoms with van der Waals surface area (Å²) in [5, 5.41) is 17.9. The molecule has 0 rings (SSSR count). The highest BCUT2D eigenvalue weighted by Gasteiger charge is 2.04. The van der Waals surface area contributed by atoms with Gasteiger partial charge in [0, 0.05) is 6.42 Å². The molecule has 3 nitrogen and oxygen atoms in total. The van der Waals surface area contributed by atoms with Gasteiger partial charge in [-0.15, -0.1) is 0 Å². The van der Waals surface area contributed by atoms with E-state index in [1.165, 1.54) is 0 Å². The third-order valence-electron chi connectivity index (χ3n) is 0.797. The van der Waals surface area contributed by atoms with E-state index in [0.717, 1.165) is 0 Å². The summed E-state index contributed by atoms with van der Waals surface area (Å²) in [4.78, 5) is 10.3. The number of ketones is 1. The maximum absolute atomic E-state index is 10.3. The van der Waals surface area contributed by atoms with Gasteiger partial charge in [-0.25, -0.2) is 5.11 Å². The minimum atomic E-state index is -1.72. The van der Waals surface area contributed by atoms with Crippen LogP contribution in [-0.4, -0.2) is 17.2 Å². The average Bonchev–Trinajstić information content (AvgIpc) is 1.65. The summed E-state index contributed by atoms with van der Waals surface area (Å²) in [5.74, 6) is -0.187. The summed E-state index contributed by atoms with van der Waals surface area (Å²) >= 11 is 0. The summed E-state index contributed by atoms with van der Waals surface area (Å²) in [7, 11) is 0. The van der Waals surface area contributed by atoms with E-state index in [1.54, 1.807) is 6.92 Å². The van der Waals surface area contributed by atoms with Crippen molar-refractivity contribution in [3.63, 3.8) is 0 Å². The molecule has 0 spiro atoms. The normalized spacial score (nSPS) is 10.0. The maximum atomic E-state index is 10.3. The molecule has 8 heavy (non-hydrogen) atoms. The zero-order valence-corrected chi connectivity index (χ0v) is 4.76. The van der Waals surface area contributed by atoms with Crippen LogP contribution in [0.25, 0.3) is 0 Å². The fourth-order valence-electron chi connectivity index (χ4n) is 0.339. The molecule has 1 radical (unpaired) electrons. The minimum absolute atomic E-state index is 0.187. The van der Waals surface area contributed by atoms with Gasteiger partial charge in [0.2, 0.25) is 0 Å². The van der Waals surface area contributed by atoms with E-state index in [9.17, 15) is 9.90 Å². The predicted molar refractivity (Wildman–Crippen MR) is 26.6 cm³/mol. The van der Waals surface area contributed by atoms with Gasteiger partial charge < -0.3 is 5.11 Å². The lowest BCUT2D eigenvalue weighted by molar-refractivity contribution is -0.134. The van der Waals surface area contributed by atoms with Gasteiger partial charge in [-0.2, -0.15) is 0 Å². The fraction of sp³-hybridized carbons (Fsp3) is 0.800. The SMILES string of the molecule is CCC(=O)CC([O])O. The van der Waals surface area contributed by atoms with Gasteiger partial charge in [0.05, 0.1) is 6.42 Å². The van der Waals surface area contributed by atoms with Crippen LogP contribution in [0.3, 0.4) is 0 Å². The van der Waals surface area contributed by atoms with Crippen molar-refractivity contribution in [1.29, 1.82) is 0 Å². The highest BCUT2D eigenvalue weighted by atomic mass is 16.5. The Kier molecular flexibility index (Phi) is 3.39. The molecule has 0 fully saturated rings. The summed E-state index contributed by atoms with van der Waals surface area (Å²) < 4.78 is 0. The van der Waals surface area contributed by atoms with E-state index in [-0.39, 0.29) is 12.2 Å². The molecule has 0 aromatic heterocycles. The quantitative estimate of drug-likeness (QED) is 0.533. The Morgan fingerprint density at radius 3 is 2.38 bits per heavy atom. The van der Waals surface area contributed by atoms with E-state index in [1.807, 2.05) is 0 Å². The van der Waals surface area contributed by atoms with Crippen molar-refractivity contribution in [1.82, 2.24) is 0 Å². The van der Waals surface area contributed by atoms with Crippen molar-refractivity contribution in [3.05, 3.63) is 0 Å². The van der Waals surface area contributed by atoms with Crippen molar-refractivity contribution < 1.29 is 15.0 Å². The number of hydrogen-bond acceptors (Lipinski definition) is 2. The molecule has 0 saturated heterocycles. The molecule has 0 aromatic carbocycles. The van der Waals surface area contributed by atoms with Crippen LogP contribution in [-0.2, 0) is 9.90 Å². The van der Waals surface area contributed by atoms with Crippen molar-refractivity contribution in [2.45, 2.75) is 26.1 Å². The van der Waals surface area contributed by atoms with Crippen molar-refractivity contribution in [3.8, 4) is 0 Å². The van der Waals surface area contributed by atoms with Gasteiger partial charge in [0.25, 0.3) is 0 Å². The van der Waals surface area contributed by atoms with Crippen LogP contribution < -0.4 is 0 Å². The lowest BCUT2D eigenvalue weighted by Gasteiger charge is -1.94. The number of carbonyl (C=O) groups excluding carboxylic acids is 1. The summed E-state index contributed by atoms with van der Waals surface area (Å²) in [6.45, 7) is 1.66. The highest BCUT2D eigenvalue weighted by molar-refractivity contribution is 5.78. The van der Waals surface area contributed by atoms with Crippen LogP contribution in [0.4, 0.5) is 0 Å². The first kappa shape index (κ1) is 7.59. The molecule has 0 aliphatic rings. The van der Waals surface area contributed by atoms with E-state index < -0.39 is 6.29 Å². The Morgan fingerprint density at radius 1 is 1.75 bits per heavy atom. The molecule has 0 saturated carbocycles. The van der Waals surface area contributed by atoms with Gasteiger partial charge in [-0.3, -0.25) is 4.79 Å². The topological polar surface area (TPSA) is 57.2 Å². The first-order valence-electron chi connectivity index (χ1n) is 2.52. The standard InChI is InChI=1S/C5H9O3/c1-2-4(6)3-5(7)8/h5,7H,2-3H2,1H3. The van der Waals surface area contributed by atoms with Crippen molar-refractivity contribution in [2.24, 2.45) is 0 Å². The molecule has 1 unspecified atom stereocenters. The molecule has 0 bridgehead atoms. The van der Waals surface area contributed by atoms with Crippen LogP contribution in [0.1, 0.15) is 19.8 Å². The molecular weight excluding hydrogens is 108 g/mol. The van der Waals surface area contributed by atoms with Crippen LogP contribution in [0.15, 0.2) is 0 Å². The van der Waals surface area contributed by atoms with Crippen molar-refractivity contribution >= 4 is 5.78 Å². The molecule has 1 N–H and O–H groups in total. The van der Waals surface area contributed by atoms with Crippen molar-refractivity contribution in [2.75, 3.05) is 0 Å². The molecule has 0 heterocycles. The minimum Gasteiger partial charge on any atom is -0.365 e. The van der Waals surface area contributed by atoms with Gasteiger partial charge in [-0.1, -0.05) is 6.92 Å². The van der Waals surface area contributed by atoms with Gasteiger partial charge in [0.1, 0.15) is 5.78 Å². The average molecular weight is 117 g/mol. The zero-order chi connectivity index (χ0) is 6.57. The van der Waals surface area contributed by atoms with E-state index in [0.29, 0.717) is 6.42 Å². The number of aliphatic hydroxyl groups is 1. The lowest BCUT2D eigenvalue weighted by Crippen LogP contribution is -2.09. The number of carbonyl (C=O) groups is 1. The van der Waals surface area contributed by atoms with Crippen LogP contribution in [0, 0.1) is 0 Å². The molecule has 0 aromatic rings. The summed E-state index contributed by atoms with van der Waals surface area (Å²) in [5.41, 5.74) is 0. The number of Topliss-reactive ketones (excluding diaryl/α,β-unsaturated/α-hetero) is 1. The molecular formula is C5H9O3. The Balaban J connectivity index is 3.25. The predicted octanol–water partition coefficient (Wildman–Crippen LogP) is 0.104. The van der Waals surface area contributed by atoms with Crippen LogP contribution in [0.2, 0.25) is 0 Å². The van der Waals surface area contributed by atoms with E-state index in [4.69, 9.17) is 5.11 Å². The molecule has 47 valence electrons. The number of hydrogen-bond donors (Lipinski definition) is 1. The Morgan fingerprint density at radius 2 is 2.25 bits per heavy atom. The molecule has 3 heteroatoms. The fourth-order valence-corrected chi connectivity index (χ4v) is 0.339. The third-order valence-corrected chi connectivity index (χ3v) is 0.797. The Bertz CT molecular complexity index is 77.7. The summed E-state index contributed by atoms with van der Waals surface area (Å²) in [6, 6.07) is 0. The maximum Gasteiger partial charge on any atom is 0.195 e. The first-order chi connectivity index (χ1) is 3.66. The smallest absolute Gasteiger partial charge is 0.195 e. The molecule has 0 aliphatic heterocycles. The highest BCUT2D eigenvalue weighted by Crippen LogP contribution is 1.91.